The number of hydrogen-bond acceptors (Lipinski definition) is 6. The molecule has 7 heteroatoms. The molecule has 2 rings (SSSR count). The third-order valence-electron chi connectivity index (χ3n) is 3.51. The Morgan fingerprint density at radius 1 is 1.18 bits per heavy atom. The Hall–Kier alpha value is -2.15. The van der Waals surface area contributed by atoms with Crippen LogP contribution in [-0.2, 0) is 9.84 Å². The minimum atomic E-state index is -3.18. The van der Waals surface area contributed by atoms with Gasteiger partial charge in [0.1, 0.15) is 0 Å². The Bertz CT molecular complexity index is 745. The van der Waals surface area contributed by atoms with Gasteiger partial charge in [-0.3, -0.25) is 0 Å². The summed E-state index contributed by atoms with van der Waals surface area (Å²) < 4.78 is 28.1. The average Bonchev–Trinajstić information content (AvgIpc) is 2.53. The molecule has 0 unspecified atom stereocenters. The van der Waals surface area contributed by atoms with E-state index in [0.29, 0.717) is 16.7 Å². The molecule has 22 heavy (non-hydrogen) atoms. The zero-order valence-corrected chi connectivity index (χ0v) is 13.8. The van der Waals surface area contributed by atoms with Crippen LogP contribution in [0.25, 0.3) is 0 Å². The Morgan fingerprint density at radius 3 is 2.36 bits per heavy atom. The molecule has 0 radical (unpaired) electrons. The van der Waals surface area contributed by atoms with Crippen LogP contribution >= 0.6 is 0 Å². The van der Waals surface area contributed by atoms with E-state index in [4.69, 9.17) is 4.74 Å². The van der Waals surface area contributed by atoms with Crippen molar-refractivity contribution in [1.29, 1.82) is 0 Å². The van der Waals surface area contributed by atoms with Crippen LogP contribution in [0.15, 0.2) is 41.4 Å². The van der Waals surface area contributed by atoms with Crippen LogP contribution in [-0.4, -0.2) is 38.8 Å². The number of rotatable bonds is 5. The van der Waals surface area contributed by atoms with Gasteiger partial charge < -0.3 is 9.64 Å². The van der Waals surface area contributed by atoms with Crippen LogP contribution in [0, 0.1) is 0 Å². The number of methoxy groups -OCH3 is 1. The highest BCUT2D eigenvalue weighted by molar-refractivity contribution is 7.90. The lowest BCUT2D eigenvalue weighted by Gasteiger charge is -2.25. The van der Waals surface area contributed by atoms with E-state index in [1.807, 2.05) is 18.9 Å². The smallest absolute Gasteiger partial charge is 0.228 e. The van der Waals surface area contributed by atoms with E-state index in [1.54, 1.807) is 43.6 Å². The Kier molecular flexibility index (Phi) is 4.65. The number of anilines is 1. The highest BCUT2D eigenvalue weighted by Crippen LogP contribution is 2.24. The minimum Gasteiger partial charge on any atom is -0.481 e. The minimum absolute atomic E-state index is 0.0132. The van der Waals surface area contributed by atoms with Crippen LogP contribution in [0.3, 0.4) is 0 Å². The molecule has 0 spiro atoms. The third kappa shape index (κ3) is 3.54. The summed E-state index contributed by atoms with van der Waals surface area (Å²) in [6.45, 7) is 2.00. The maximum absolute atomic E-state index is 11.5. The van der Waals surface area contributed by atoms with E-state index < -0.39 is 9.84 Å². The molecule has 0 N–H and O–H groups in total. The number of aromatic nitrogens is 2. The van der Waals surface area contributed by atoms with Gasteiger partial charge in [0.15, 0.2) is 9.84 Å². The van der Waals surface area contributed by atoms with E-state index in [2.05, 4.69) is 9.97 Å². The molecule has 1 heterocycles. The third-order valence-corrected chi connectivity index (χ3v) is 4.64. The Labute approximate surface area is 130 Å². The van der Waals surface area contributed by atoms with Crippen molar-refractivity contribution in [3.05, 3.63) is 42.1 Å². The summed E-state index contributed by atoms with van der Waals surface area (Å²) in [6.07, 6.45) is 2.83. The van der Waals surface area contributed by atoms with Crippen LogP contribution in [0.2, 0.25) is 0 Å². The molecule has 0 amide bonds. The highest BCUT2D eigenvalue weighted by Gasteiger charge is 2.16. The fourth-order valence-electron chi connectivity index (χ4n) is 2.01. The lowest BCUT2D eigenvalue weighted by molar-refractivity contribution is 0.396. The van der Waals surface area contributed by atoms with Gasteiger partial charge in [0.25, 0.3) is 0 Å². The first kappa shape index (κ1) is 16.2. The number of hydrogen-bond donors (Lipinski definition) is 0. The number of nitrogens with zero attached hydrogens (tertiary/aromatic N) is 3. The standard InChI is InChI=1S/C15H19N3O3S/c1-11(12-5-7-13(8-6-12)22(4,19)20)18(2)15-16-10-9-14(17-15)21-3/h5-11H,1-4H3/t11-/m1/s1. The number of sulfone groups is 1. The normalized spacial score (nSPS) is 12.7. The fourth-order valence-corrected chi connectivity index (χ4v) is 2.64. The molecule has 1 atom stereocenters. The van der Waals surface area contributed by atoms with Gasteiger partial charge in [0, 0.05) is 25.6 Å². The van der Waals surface area contributed by atoms with E-state index in [1.165, 1.54) is 6.26 Å². The van der Waals surface area contributed by atoms with Gasteiger partial charge in [-0.15, -0.1) is 0 Å². The largest absolute Gasteiger partial charge is 0.481 e. The SMILES string of the molecule is COc1ccnc(N(C)[C@H](C)c2ccc(S(C)(=O)=O)cc2)n1. The van der Waals surface area contributed by atoms with Gasteiger partial charge in [-0.25, -0.2) is 13.4 Å². The van der Waals surface area contributed by atoms with E-state index >= 15 is 0 Å². The molecule has 0 saturated carbocycles. The zero-order valence-electron chi connectivity index (χ0n) is 13.0. The summed E-state index contributed by atoms with van der Waals surface area (Å²) in [7, 11) is 0.252. The summed E-state index contributed by atoms with van der Waals surface area (Å²) in [6, 6.07) is 8.50. The second kappa shape index (κ2) is 6.31. The Balaban J connectivity index is 2.24. The van der Waals surface area contributed by atoms with Crippen molar-refractivity contribution in [3.8, 4) is 5.88 Å². The molecule has 0 aliphatic rings. The molecule has 1 aromatic heterocycles. The van der Waals surface area contributed by atoms with Gasteiger partial charge in [-0.05, 0) is 24.6 Å². The van der Waals surface area contributed by atoms with Crippen molar-refractivity contribution in [3.63, 3.8) is 0 Å². The molecule has 0 aliphatic heterocycles. The van der Waals surface area contributed by atoms with Crippen molar-refractivity contribution in [2.75, 3.05) is 25.3 Å². The Morgan fingerprint density at radius 2 is 1.82 bits per heavy atom. The summed E-state index contributed by atoms with van der Waals surface area (Å²) in [5.41, 5.74) is 0.973. The van der Waals surface area contributed by atoms with E-state index in [9.17, 15) is 8.42 Å². The van der Waals surface area contributed by atoms with Gasteiger partial charge >= 0.3 is 0 Å². The van der Waals surface area contributed by atoms with Gasteiger partial charge in [0.2, 0.25) is 11.8 Å². The number of benzene rings is 1. The molecule has 0 saturated heterocycles. The summed E-state index contributed by atoms with van der Waals surface area (Å²) in [5, 5.41) is 0. The lowest BCUT2D eigenvalue weighted by atomic mass is 10.1. The summed E-state index contributed by atoms with van der Waals surface area (Å²) in [4.78, 5) is 10.7. The average molecular weight is 321 g/mol. The molecule has 0 aliphatic carbocycles. The highest BCUT2D eigenvalue weighted by atomic mass is 32.2. The van der Waals surface area contributed by atoms with Crippen LogP contribution in [0.1, 0.15) is 18.5 Å². The van der Waals surface area contributed by atoms with E-state index in [-0.39, 0.29) is 6.04 Å². The van der Waals surface area contributed by atoms with Crippen LogP contribution in [0.5, 0.6) is 5.88 Å². The van der Waals surface area contributed by atoms with Gasteiger partial charge in [0.05, 0.1) is 18.0 Å². The first-order chi connectivity index (χ1) is 10.3. The quantitative estimate of drug-likeness (QED) is 0.839. The van der Waals surface area contributed by atoms with Gasteiger partial charge in [-0.2, -0.15) is 4.98 Å². The van der Waals surface area contributed by atoms with Crippen molar-refractivity contribution < 1.29 is 13.2 Å². The summed E-state index contributed by atoms with van der Waals surface area (Å²) in [5.74, 6) is 1.04. The molecule has 1 aromatic carbocycles. The lowest BCUT2D eigenvalue weighted by Crippen LogP contribution is -2.23. The molecule has 2 aromatic rings. The summed E-state index contributed by atoms with van der Waals surface area (Å²) >= 11 is 0. The molecule has 6 nitrogen and oxygen atoms in total. The van der Waals surface area contributed by atoms with Crippen LogP contribution in [0.4, 0.5) is 5.95 Å². The second-order valence-electron chi connectivity index (χ2n) is 5.03. The van der Waals surface area contributed by atoms with Crippen LogP contribution < -0.4 is 9.64 Å². The monoisotopic (exact) mass is 321 g/mol. The first-order valence-electron chi connectivity index (χ1n) is 6.73. The maximum Gasteiger partial charge on any atom is 0.228 e. The predicted molar refractivity (Wildman–Crippen MR) is 85.0 cm³/mol. The van der Waals surface area contributed by atoms with Crippen molar-refractivity contribution in [2.45, 2.75) is 17.9 Å². The van der Waals surface area contributed by atoms with Gasteiger partial charge in [-0.1, -0.05) is 12.1 Å². The van der Waals surface area contributed by atoms with Crippen molar-refractivity contribution >= 4 is 15.8 Å². The number of ether oxygens (including phenoxy) is 1. The first-order valence-corrected chi connectivity index (χ1v) is 8.62. The topological polar surface area (TPSA) is 72.4 Å². The fraction of sp³-hybridized carbons (Fsp3) is 0.333. The molecule has 0 fully saturated rings. The maximum atomic E-state index is 11.5. The second-order valence-corrected chi connectivity index (χ2v) is 7.04. The van der Waals surface area contributed by atoms with E-state index in [0.717, 1.165) is 5.56 Å². The zero-order chi connectivity index (χ0) is 16.3. The predicted octanol–water partition coefficient (Wildman–Crippen LogP) is 2.09. The van der Waals surface area contributed by atoms with Crippen molar-refractivity contribution in [2.24, 2.45) is 0 Å². The molecule has 118 valence electrons. The van der Waals surface area contributed by atoms with Crippen molar-refractivity contribution in [1.82, 2.24) is 9.97 Å². The molecular formula is C15H19N3O3S. The molecule has 0 bridgehead atoms. The molecular weight excluding hydrogens is 302 g/mol.